The van der Waals surface area contributed by atoms with Gasteiger partial charge in [-0.05, 0) is 56.5 Å². The first-order chi connectivity index (χ1) is 12.0. The second-order valence-electron chi connectivity index (χ2n) is 6.53. The molecule has 7 nitrogen and oxygen atoms in total. The van der Waals surface area contributed by atoms with Gasteiger partial charge >= 0.3 is 0 Å². The van der Waals surface area contributed by atoms with E-state index in [1.807, 2.05) is 0 Å². The first kappa shape index (κ1) is 18.3. The monoisotopic (exact) mass is 367 g/mol. The van der Waals surface area contributed by atoms with Crippen LogP contribution in [0.15, 0.2) is 29.2 Å². The van der Waals surface area contributed by atoms with Gasteiger partial charge in [-0.15, -0.1) is 0 Å². The third-order valence-corrected chi connectivity index (χ3v) is 6.02. The van der Waals surface area contributed by atoms with Gasteiger partial charge in [-0.2, -0.15) is 0 Å². The zero-order chi connectivity index (χ0) is 17.7. The predicted octanol–water partition coefficient (Wildman–Crippen LogP) is 0.626. The molecule has 0 bridgehead atoms. The van der Waals surface area contributed by atoms with Gasteiger partial charge in [0.25, 0.3) is 5.91 Å². The smallest absolute Gasteiger partial charge is 0.251 e. The van der Waals surface area contributed by atoms with Gasteiger partial charge in [0.15, 0.2) is 0 Å². The molecule has 2 aliphatic rings. The van der Waals surface area contributed by atoms with Crippen LogP contribution >= 0.6 is 0 Å². The second kappa shape index (κ2) is 8.27. The van der Waals surface area contributed by atoms with E-state index in [0.29, 0.717) is 12.2 Å². The third-order valence-electron chi connectivity index (χ3n) is 4.58. The standard InChI is InChI=1S/C17H25N3O4S/c21-17(20-14-3-1-9-18-11-14)13-5-7-16(8-6-13)25(22,23)19-12-15-4-2-10-24-15/h5-8,14-15,18-19H,1-4,9-12H2,(H,20,21)/t14-,15?/m0/s1. The number of rotatable bonds is 6. The molecule has 1 unspecified atom stereocenters. The predicted molar refractivity (Wildman–Crippen MR) is 94.0 cm³/mol. The van der Waals surface area contributed by atoms with E-state index in [1.54, 1.807) is 12.1 Å². The van der Waals surface area contributed by atoms with Crippen molar-refractivity contribution in [3.8, 4) is 0 Å². The minimum atomic E-state index is -3.59. The Kier molecular flexibility index (Phi) is 6.06. The van der Waals surface area contributed by atoms with Gasteiger partial charge < -0.3 is 15.4 Å². The molecule has 0 aliphatic carbocycles. The Hall–Kier alpha value is -1.48. The van der Waals surface area contributed by atoms with Gasteiger partial charge in [0.05, 0.1) is 11.0 Å². The van der Waals surface area contributed by atoms with Gasteiger partial charge in [0.1, 0.15) is 0 Å². The Morgan fingerprint density at radius 2 is 2.00 bits per heavy atom. The molecule has 3 N–H and O–H groups in total. The van der Waals surface area contributed by atoms with Crippen molar-refractivity contribution in [1.82, 2.24) is 15.4 Å². The lowest BCUT2D eigenvalue weighted by atomic mass is 10.1. The topological polar surface area (TPSA) is 96.5 Å². The second-order valence-corrected chi connectivity index (χ2v) is 8.29. The van der Waals surface area contributed by atoms with E-state index in [2.05, 4.69) is 15.4 Å². The summed E-state index contributed by atoms with van der Waals surface area (Å²) >= 11 is 0. The van der Waals surface area contributed by atoms with E-state index in [0.717, 1.165) is 38.8 Å². The highest BCUT2D eigenvalue weighted by Gasteiger charge is 2.21. The van der Waals surface area contributed by atoms with E-state index in [-0.39, 0.29) is 29.5 Å². The van der Waals surface area contributed by atoms with E-state index in [1.165, 1.54) is 12.1 Å². The van der Waals surface area contributed by atoms with Gasteiger partial charge in [-0.3, -0.25) is 4.79 Å². The number of benzene rings is 1. The Balaban J connectivity index is 1.57. The summed E-state index contributed by atoms with van der Waals surface area (Å²) in [5, 5.41) is 6.22. The van der Waals surface area contributed by atoms with Crippen LogP contribution in [0.4, 0.5) is 0 Å². The van der Waals surface area contributed by atoms with Crippen molar-refractivity contribution < 1.29 is 17.9 Å². The molecule has 3 rings (SSSR count). The molecule has 138 valence electrons. The molecular formula is C17H25N3O4S. The molecule has 2 saturated heterocycles. The number of hydrogen-bond acceptors (Lipinski definition) is 5. The van der Waals surface area contributed by atoms with Crippen LogP contribution in [0.3, 0.4) is 0 Å². The van der Waals surface area contributed by atoms with Crippen molar-refractivity contribution in [2.45, 2.75) is 42.7 Å². The van der Waals surface area contributed by atoms with Crippen LogP contribution in [0, 0.1) is 0 Å². The van der Waals surface area contributed by atoms with Crippen molar-refractivity contribution in [2.24, 2.45) is 0 Å². The summed E-state index contributed by atoms with van der Waals surface area (Å²) in [6.45, 7) is 2.72. The quantitative estimate of drug-likeness (QED) is 0.685. The van der Waals surface area contributed by atoms with Crippen molar-refractivity contribution in [1.29, 1.82) is 0 Å². The molecule has 0 spiro atoms. The summed E-state index contributed by atoms with van der Waals surface area (Å²) in [4.78, 5) is 12.4. The van der Waals surface area contributed by atoms with Gasteiger partial charge in [0.2, 0.25) is 10.0 Å². The number of piperidine rings is 1. The minimum Gasteiger partial charge on any atom is -0.377 e. The van der Waals surface area contributed by atoms with Crippen LogP contribution in [-0.4, -0.2) is 52.7 Å². The average Bonchev–Trinajstić information content (AvgIpc) is 3.15. The fourth-order valence-corrected chi connectivity index (χ4v) is 4.19. The zero-order valence-electron chi connectivity index (χ0n) is 14.2. The van der Waals surface area contributed by atoms with Crippen LogP contribution in [0.25, 0.3) is 0 Å². The molecular weight excluding hydrogens is 342 g/mol. The summed E-state index contributed by atoms with van der Waals surface area (Å²) in [5.74, 6) is -0.176. The first-order valence-corrected chi connectivity index (χ1v) is 10.3. The van der Waals surface area contributed by atoms with Crippen molar-refractivity contribution >= 4 is 15.9 Å². The van der Waals surface area contributed by atoms with E-state index in [9.17, 15) is 13.2 Å². The van der Waals surface area contributed by atoms with E-state index >= 15 is 0 Å². The molecule has 0 radical (unpaired) electrons. The SMILES string of the molecule is O=C(N[C@H]1CCCNC1)c1ccc(S(=O)(=O)NCC2CCCO2)cc1. The van der Waals surface area contributed by atoms with E-state index in [4.69, 9.17) is 4.74 Å². The number of carbonyl (C=O) groups is 1. The number of sulfonamides is 1. The molecule has 1 amide bonds. The minimum absolute atomic E-state index is 0.0519. The number of hydrogen-bond donors (Lipinski definition) is 3. The maximum absolute atomic E-state index is 12.3. The van der Waals surface area contributed by atoms with Gasteiger partial charge in [-0.1, -0.05) is 0 Å². The normalized spacial score (nSPS) is 24.2. The van der Waals surface area contributed by atoms with Crippen LogP contribution < -0.4 is 15.4 Å². The highest BCUT2D eigenvalue weighted by Crippen LogP contribution is 2.14. The molecule has 25 heavy (non-hydrogen) atoms. The lowest BCUT2D eigenvalue weighted by Crippen LogP contribution is -2.45. The first-order valence-electron chi connectivity index (χ1n) is 8.77. The molecule has 0 saturated carbocycles. The maximum Gasteiger partial charge on any atom is 0.251 e. The van der Waals surface area contributed by atoms with Crippen molar-refractivity contribution in [2.75, 3.05) is 26.2 Å². The molecule has 2 heterocycles. The summed E-state index contributed by atoms with van der Waals surface area (Å²) in [6.07, 6.45) is 3.78. The Morgan fingerprint density at radius 3 is 2.64 bits per heavy atom. The van der Waals surface area contributed by atoms with Crippen LogP contribution in [0.1, 0.15) is 36.0 Å². The molecule has 2 atom stereocenters. The Morgan fingerprint density at radius 1 is 1.20 bits per heavy atom. The molecule has 8 heteroatoms. The molecule has 0 aromatic heterocycles. The summed E-state index contributed by atoms with van der Waals surface area (Å²) in [5.41, 5.74) is 0.462. The zero-order valence-corrected chi connectivity index (χ0v) is 15.0. The summed E-state index contributed by atoms with van der Waals surface area (Å²) < 4.78 is 32.6. The summed E-state index contributed by atoms with van der Waals surface area (Å²) in [6, 6.07) is 6.15. The Bertz CT molecular complexity index is 678. The fourth-order valence-electron chi connectivity index (χ4n) is 3.12. The average molecular weight is 367 g/mol. The number of nitrogens with one attached hydrogen (secondary N) is 3. The number of ether oxygens (including phenoxy) is 1. The fraction of sp³-hybridized carbons (Fsp3) is 0.588. The lowest BCUT2D eigenvalue weighted by Gasteiger charge is -2.23. The van der Waals surface area contributed by atoms with Crippen LogP contribution in [0.5, 0.6) is 0 Å². The van der Waals surface area contributed by atoms with Gasteiger partial charge in [-0.25, -0.2) is 13.1 Å². The van der Waals surface area contributed by atoms with E-state index < -0.39 is 10.0 Å². The third kappa shape index (κ3) is 5.01. The molecule has 2 aliphatic heterocycles. The highest BCUT2D eigenvalue weighted by atomic mass is 32.2. The van der Waals surface area contributed by atoms with Crippen LogP contribution in [0.2, 0.25) is 0 Å². The van der Waals surface area contributed by atoms with Crippen LogP contribution in [-0.2, 0) is 14.8 Å². The number of amides is 1. The molecule has 1 aromatic rings. The largest absolute Gasteiger partial charge is 0.377 e. The highest BCUT2D eigenvalue weighted by molar-refractivity contribution is 7.89. The summed E-state index contributed by atoms with van der Waals surface area (Å²) in [7, 11) is -3.59. The number of carbonyl (C=O) groups excluding carboxylic acids is 1. The lowest BCUT2D eigenvalue weighted by molar-refractivity contribution is 0.0930. The van der Waals surface area contributed by atoms with Crippen molar-refractivity contribution in [3.63, 3.8) is 0 Å². The van der Waals surface area contributed by atoms with Gasteiger partial charge in [0, 0.05) is 31.3 Å². The maximum atomic E-state index is 12.3. The molecule has 1 aromatic carbocycles. The Labute approximate surface area is 148 Å². The molecule has 2 fully saturated rings. The van der Waals surface area contributed by atoms with Crippen molar-refractivity contribution in [3.05, 3.63) is 29.8 Å².